The fourth-order valence-electron chi connectivity index (χ4n) is 1.24. The van der Waals surface area contributed by atoms with Gasteiger partial charge in [0.2, 0.25) is 0 Å². The van der Waals surface area contributed by atoms with E-state index < -0.39 is 5.97 Å². The largest absolute Gasteiger partial charge is 0.493 e. The minimum absolute atomic E-state index is 0.0408. The Morgan fingerprint density at radius 2 is 2.06 bits per heavy atom. The second-order valence-electron chi connectivity index (χ2n) is 3.11. The molecular formula is C11H14O5. The van der Waals surface area contributed by atoms with E-state index in [4.69, 9.17) is 19.3 Å². The lowest BCUT2D eigenvalue weighted by atomic mass is 10.1. The molecule has 0 aromatic heterocycles. The first-order valence-corrected chi connectivity index (χ1v) is 4.67. The molecule has 1 rings (SSSR count). The second-order valence-corrected chi connectivity index (χ2v) is 3.11. The maximum absolute atomic E-state index is 10.5. The van der Waals surface area contributed by atoms with Gasteiger partial charge in [-0.3, -0.25) is 4.79 Å². The Morgan fingerprint density at radius 3 is 2.62 bits per heavy atom. The molecule has 88 valence electrons. The van der Waals surface area contributed by atoms with Crippen LogP contribution in [0.2, 0.25) is 0 Å². The third kappa shape index (κ3) is 3.43. The van der Waals surface area contributed by atoms with Crippen LogP contribution in [0.15, 0.2) is 18.2 Å². The highest BCUT2D eigenvalue weighted by Gasteiger charge is 2.07. The summed E-state index contributed by atoms with van der Waals surface area (Å²) < 4.78 is 15.1. The molecule has 0 saturated carbocycles. The van der Waals surface area contributed by atoms with Gasteiger partial charge < -0.3 is 19.3 Å². The highest BCUT2D eigenvalue weighted by Crippen LogP contribution is 2.28. The van der Waals surface area contributed by atoms with Gasteiger partial charge in [-0.15, -0.1) is 0 Å². The van der Waals surface area contributed by atoms with Gasteiger partial charge in [0, 0.05) is 7.11 Å². The number of carboxylic acids is 1. The summed E-state index contributed by atoms with van der Waals surface area (Å²) in [5, 5.41) is 8.65. The van der Waals surface area contributed by atoms with Crippen LogP contribution in [-0.4, -0.2) is 32.1 Å². The summed E-state index contributed by atoms with van der Waals surface area (Å²) in [4.78, 5) is 10.5. The summed E-state index contributed by atoms with van der Waals surface area (Å²) in [6, 6.07) is 4.98. The van der Waals surface area contributed by atoms with E-state index in [1.165, 1.54) is 14.2 Å². The normalized spacial score (nSPS) is 9.88. The van der Waals surface area contributed by atoms with Crippen LogP contribution in [-0.2, 0) is 16.0 Å². The zero-order valence-corrected chi connectivity index (χ0v) is 9.23. The van der Waals surface area contributed by atoms with Crippen molar-refractivity contribution in [2.45, 2.75) is 6.42 Å². The van der Waals surface area contributed by atoms with E-state index in [2.05, 4.69) is 0 Å². The fraction of sp³-hybridized carbons (Fsp3) is 0.364. The predicted molar refractivity (Wildman–Crippen MR) is 56.8 cm³/mol. The standard InChI is InChI=1S/C11H14O5/c1-14-7-16-9-4-3-8(6-11(12)13)5-10(9)15-2/h3-5H,6-7H2,1-2H3,(H,12,13). The Morgan fingerprint density at radius 1 is 1.31 bits per heavy atom. The van der Waals surface area contributed by atoms with Crippen molar-refractivity contribution < 1.29 is 24.1 Å². The monoisotopic (exact) mass is 226 g/mol. The van der Waals surface area contributed by atoms with E-state index in [0.29, 0.717) is 17.1 Å². The third-order valence-electron chi connectivity index (χ3n) is 1.92. The van der Waals surface area contributed by atoms with Crippen LogP contribution < -0.4 is 9.47 Å². The molecule has 1 N–H and O–H groups in total. The average Bonchev–Trinajstić information content (AvgIpc) is 2.26. The van der Waals surface area contributed by atoms with Crippen molar-refractivity contribution in [1.29, 1.82) is 0 Å². The molecule has 0 spiro atoms. The quantitative estimate of drug-likeness (QED) is 0.741. The van der Waals surface area contributed by atoms with Crippen LogP contribution in [0.5, 0.6) is 11.5 Å². The molecular weight excluding hydrogens is 212 g/mol. The van der Waals surface area contributed by atoms with Gasteiger partial charge in [0.05, 0.1) is 13.5 Å². The van der Waals surface area contributed by atoms with Gasteiger partial charge in [-0.05, 0) is 17.7 Å². The summed E-state index contributed by atoms with van der Waals surface area (Å²) in [6.07, 6.45) is -0.0408. The minimum Gasteiger partial charge on any atom is -0.493 e. The van der Waals surface area contributed by atoms with E-state index in [9.17, 15) is 4.79 Å². The lowest BCUT2D eigenvalue weighted by Gasteiger charge is -2.10. The summed E-state index contributed by atoms with van der Waals surface area (Å²) in [7, 11) is 3.02. The van der Waals surface area contributed by atoms with Crippen molar-refractivity contribution >= 4 is 5.97 Å². The molecule has 0 unspecified atom stereocenters. The average molecular weight is 226 g/mol. The number of carboxylic acid groups (broad SMARTS) is 1. The van der Waals surface area contributed by atoms with Gasteiger partial charge in [-0.1, -0.05) is 6.07 Å². The number of rotatable bonds is 6. The summed E-state index contributed by atoms with van der Waals surface area (Å²) in [5.74, 6) is 0.141. The zero-order valence-electron chi connectivity index (χ0n) is 9.23. The molecule has 0 saturated heterocycles. The molecule has 0 heterocycles. The molecule has 1 aromatic rings. The van der Waals surface area contributed by atoms with Crippen LogP contribution >= 0.6 is 0 Å². The lowest BCUT2D eigenvalue weighted by Crippen LogP contribution is -2.03. The van der Waals surface area contributed by atoms with Gasteiger partial charge in [0.15, 0.2) is 18.3 Å². The van der Waals surface area contributed by atoms with Crippen molar-refractivity contribution in [2.24, 2.45) is 0 Å². The number of benzene rings is 1. The number of aliphatic carboxylic acids is 1. The van der Waals surface area contributed by atoms with E-state index in [1.54, 1.807) is 18.2 Å². The van der Waals surface area contributed by atoms with Crippen LogP contribution in [0.3, 0.4) is 0 Å². The van der Waals surface area contributed by atoms with Crippen LogP contribution in [0.1, 0.15) is 5.56 Å². The zero-order chi connectivity index (χ0) is 12.0. The molecule has 5 heteroatoms. The number of hydrogen-bond donors (Lipinski definition) is 1. The Hall–Kier alpha value is -1.75. The molecule has 0 fully saturated rings. The van der Waals surface area contributed by atoms with Crippen LogP contribution in [0.25, 0.3) is 0 Å². The minimum atomic E-state index is -0.882. The number of methoxy groups -OCH3 is 2. The maximum atomic E-state index is 10.5. The Kier molecular flexibility index (Phi) is 4.60. The van der Waals surface area contributed by atoms with Gasteiger partial charge in [0.1, 0.15) is 0 Å². The van der Waals surface area contributed by atoms with Gasteiger partial charge in [-0.25, -0.2) is 0 Å². The highest BCUT2D eigenvalue weighted by atomic mass is 16.7. The molecule has 0 atom stereocenters. The molecule has 0 radical (unpaired) electrons. The highest BCUT2D eigenvalue weighted by molar-refractivity contribution is 5.70. The van der Waals surface area contributed by atoms with Gasteiger partial charge >= 0.3 is 5.97 Å². The first kappa shape index (κ1) is 12.3. The number of ether oxygens (including phenoxy) is 3. The summed E-state index contributed by atoms with van der Waals surface area (Å²) in [6.45, 7) is 0.120. The maximum Gasteiger partial charge on any atom is 0.307 e. The van der Waals surface area contributed by atoms with Crippen LogP contribution in [0.4, 0.5) is 0 Å². The molecule has 0 amide bonds. The Bertz CT molecular complexity index is 361. The molecule has 16 heavy (non-hydrogen) atoms. The van der Waals surface area contributed by atoms with Crippen molar-refractivity contribution in [1.82, 2.24) is 0 Å². The van der Waals surface area contributed by atoms with Gasteiger partial charge in [-0.2, -0.15) is 0 Å². The molecule has 1 aromatic carbocycles. The topological polar surface area (TPSA) is 65.0 Å². The summed E-state index contributed by atoms with van der Waals surface area (Å²) in [5.41, 5.74) is 0.661. The van der Waals surface area contributed by atoms with Crippen LogP contribution in [0, 0.1) is 0 Å². The van der Waals surface area contributed by atoms with Crippen molar-refractivity contribution in [3.8, 4) is 11.5 Å². The Labute approximate surface area is 93.6 Å². The first-order chi connectivity index (χ1) is 7.67. The van der Waals surface area contributed by atoms with E-state index in [0.717, 1.165) is 0 Å². The lowest BCUT2D eigenvalue weighted by molar-refractivity contribution is -0.136. The van der Waals surface area contributed by atoms with Gasteiger partial charge in [0.25, 0.3) is 0 Å². The number of carbonyl (C=O) groups is 1. The number of hydrogen-bond acceptors (Lipinski definition) is 4. The molecule has 0 aliphatic rings. The van der Waals surface area contributed by atoms with Crippen molar-refractivity contribution in [2.75, 3.05) is 21.0 Å². The van der Waals surface area contributed by atoms with Crippen molar-refractivity contribution in [3.63, 3.8) is 0 Å². The fourth-order valence-corrected chi connectivity index (χ4v) is 1.24. The SMILES string of the molecule is COCOc1ccc(CC(=O)O)cc1OC. The molecule has 0 bridgehead atoms. The van der Waals surface area contributed by atoms with E-state index in [-0.39, 0.29) is 13.2 Å². The third-order valence-corrected chi connectivity index (χ3v) is 1.92. The smallest absolute Gasteiger partial charge is 0.307 e. The summed E-state index contributed by atoms with van der Waals surface area (Å²) >= 11 is 0. The Balaban J connectivity index is 2.83. The first-order valence-electron chi connectivity index (χ1n) is 4.67. The predicted octanol–water partition coefficient (Wildman–Crippen LogP) is 1.30. The molecule has 5 nitrogen and oxygen atoms in total. The van der Waals surface area contributed by atoms with E-state index >= 15 is 0 Å². The molecule has 0 aliphatic carbocycles. The van der Waals surface area contributed by atoms with Crippen molar-refractivity contribution in [3.05, 3.63) is 23.8 Å². The molecule has 0 aliphatic heterocycles. The van der Waals surface area contributed by atoms with E-state index in [1.807, 2.05) is 0 Å². The second kappa shape index (κ2) is 5.97.